The van der Waals surface area contributed by atoms with Gasteiger partial charge in [-0.1, -0.05) is 158 Å². The molecule has 0 aliphatic heterocycles. The van der Waals surface area contributed by atoms with Crippen molar-refractivity contribution in [3.8, 4) is 28.2 Å². The summed E-state index contributed by atoms with van der Waals surface area (Å²) in [4.78, 5) is 10.8. The molecule has 3 heteroatoms. The van der Waals surface area contributed by atoms with Crippen LogP contribution >= 0.6 is 0 Å². The van der Waals surface area contributed by atoms with Gasteiger partial charge in [0.25, 0.3) is 0 Å². The van der Waals surface area contributed by atoms with Gasteiger partial charge in [0.1, 0.15) is 0 Å². The summed E-state index contributed by atoms with van der Waals surface area (Å²) in [5.74, 6) is 0. The van der Waals surface area contributed by atoms with E-state index in [0.29, 0.717) is 0 Å². The highest BCUT2D eigenvalue weighted by molar-refractivity contribution is 6.24. The first-order valence-electron chi connectivity index (χ1n) is 17.4. The Morgan fingerprint density at radius 2 is 0.863 bits per heavy atom. The van der Waals surface area contributed by atoms with E-state index in [-0.39, 0.29) is 0 Å². The molecular weight excluding hydrogens is 619 g/mol. The summed E-state index contributed by atoms with van der Waals surface area (Å²) in [5, 5.41) is 12.1. The molecule has 0 amide bonds. The zero-order chi connectivity index (χ0) is 33.5. The Morgan fingerprint density at radius 1 is 0.353 bits per heavy atom. The van der Waals surface area contributed by atoms with E-state index >= 15 is 0 Å². The third kappa shape index (κ3) is 4.19. The summed E-state index contributed by atoms with van der Waals surface area (Å²) < 4.78 is 2.49. The van der Waals surface area contributed by atoms with Crippen molar-refractivity contribution in [1.29, 1.82) is 0 Å². The van der Waals surface area contributed by atoms with E-state index in [1.54, 1.807) is 0 Å². The first-order chi connectivity index (χ1) is 25.3. The number of rotatable bonds is 3. The molecule has 2 heterocycles. The minimum Gasteiger partial charge on any atom is -0.308 e. The molecule has 51 heavy (non-hydrogen) atoms. The molecule has 3 nitrogen and oxygen atoms in total. The van der Waals surface area contributed by atoms with Gasteiger partial charge in [-0.2, -0.15) is 0 Å². The van der Waals surface area contributed by atoms with E-state index in [1.807, 2.05) is 12.1 Å². The zero-order valence-electron chi connectivity index (χ0n) is 27.6. The van der Waals surface area contributed by atoms with Gasteiger partial charge in [0.2, 0.25) is 0 Å². The van der Waals surface area contributed by atoms with E-state index in [2.05, 4.69) is 168 Å². The number of hydrogen-bond acceptors (Lipinski definition) is 2. The van der Waals surface area contributed by atoms with Crippen molar-refractivity contribution >= 4 is 75.9 Å². The lowest BCUT2D eigenvalue weighted by Crippen LogP contribution is -1.97. The highest BCUT2D eigenvalue weighted by Crippen LogP contribution is 2.41. The van der Waals surface area contributed by atoms with E-state index in [9.17, 15) is 0 Å². The second-order valence-corrected chi connectivity index (χ2v) is 13.4. The molecule has 236 valence electrons. The fourth-order valence-corrected chi connectivity index (χ4v) is 8.18. The van der Waals surface area contributed by atoms with Gasteiger partial charge < -0.3 is 4.57 Å². The molecule has 2 aromatic heterocycles. The lowest BCUT2D eigenvalue weighted by Gasteiger charge is -2.15. The Hall–Kier alpha value is -6.84. The van der Waals surface area contributed by atoms with Crippen LogP contribution in [-0.2, 0) is 0 Å². The predicted octanol–water partition coefficient (Wildman–Crippen LogP) is 12.7. The lowest BCUT2D eigenvalue weighted by atomic mass is 9.98. The fourth-order valence-electron chi connectivity index (χ4n) is 8.18. The molecule has 11 rings (SSSR count). The molecule has 0 bridgehead atoms. The summed E-state index contributed by atoms with van der Waals surface area (Å²) in [7, 11) is 0. The van der Waals surface area contributed by atoms with E-state index in [1.165, 1.54) is 43.4 Å². The van der Waals surface area contributed by atoms with Crippen LogP contribution in [0.5, 0.6) is 0 Å². The van der Waals surface area contributed by atoms with Gasteiger partial charge in [-0.05, 0) is 45.1 Å². The Labute approximate surface area is 293 Å². The van der Waals surface area contributed by atoms with Gasteiger partial charge in [0.15, 0.2) is 0 Å². The number of aromatic nitrogens is 3. The molecule has 0 aliphatic carbocycles. The maximum Gasteiger partial charge on any atom is 0.0979 e. The molecule has 11 aromatic rings. The van der Waals surface area contributed by atoms with Crippen molar-refractivity contribution in [2.24, 2.45) is 0 Å². The molecule has 9 aromatic carbocycles. The zero-order valence-corrected chi connectivity index (χ0v) is 27.6. The minimum atomic E-state index is 0.887. The van der Waals surface area contributed by atoms with Crippen LogP contribution in [0.4, 0.5) is 0 Å². The van der Waals surface area contributed by atoms with Crippen LogP contribution in [0.15, 0.2) is 176 Å². The van der Waals surface area contributed by atoms with Gasteiger partial charge in [-0.3, -0.25) is 0 Å². The Morgan fingerprint density at radius 3 is 1.51 bits per heavy atom. The molecule has 0 aliphatic rings. The van der Waals surface area contributed by atoms with Crippen LogP contribution in [0.25, 0.3) is 104 Å². The van der Waals surface area contributed by atoms with Gasteiger partial charge in [-0.15, -0.1) is 0 Å². The Bertz CT molecular complexity index is 3080. The average molecular weight is 648 g/mol. The summed E-state index contributed by atoms with van der Waals surface area (Å²) >= 11 is 0. The number of hydrogen-bond donors (Lipinski definition) is 0. The molecule has 0 N–H and O–H groups in total. The number of benzene rings is 9. The minimum absolute atomic E-state index is 0.887. The largest absolute Gasteiger partial charge is 0.308 e. The first kappa shape index (κ1) is 28.0. The van der Waals surface area contributed by atoms with Crippen molar-refractivity contribution in [2.45, 2.75) is 0 Å². The van der Waals surface area contributed by atoms with Crippen LogP contribution < -0.4 is 0 Å². The van der Waals surface area contributed by atoms with E-state index in [4.69, 9.17) is 9.97 Å². The standard InChI is InChI=1S/C48H29N3/c1-3-13-33(14-4-1)44-45(34-15-5-2-6-16-34)50-46-42(49-44)28-23-32-19-20-35-29-36(24-27-37(35)43(32)46)51-47-38-17-9-7-11-30(38)21-25-40(47)41-26-22-31-12-8-10-18-39(31)48(41)51/h1-29H. The van der Waals surface area contributed by atoms with E-state index in [0.717, 1.165) is 60.8 Å². The summed E-state index contributed by atoms with van der Waals surface area (Å²) in [5.41, 5.74) is 9.29. The molecular formula is C48H29N3. The second-order valence-electron chi connectivity index (χ2n) is 13.4. The maximum atomic E-state index is 5.45. The molecule has 0 spiro atoms. The van der Waals surface area contributed by atoms with Crippen LogP contribution in [-0.4, -0.2) is 14.5 Å². The number of nitrogens with zero attached hydrogens (tertiary/aromatic N) is 3. The van der Waals surface area contributed by atoms with Crippen molar-refractivity contribution in [3.63, 3.8) is 0 Å². The lowest BCUT2D eigenvalue weighted by molar-refractivity contribution is 1.20. The summed E-state index contributed by atoms with van der Waals surface area (Å²) in [6, 6.07) is 63.0. The predicted molar refractivity (Wildman–Crippen MR) is 215 cm³/mol. The Kier molecular flexibility index (Phi) is 5.96. The quantitative estimate of drug-likeness (QED) is 0.179. The van der Waals surface area contributed by atoms with Crippen molar-refractivity contribution in [1.82, 2.24) is 14.5 Å². The van der Waals surface area contributed by atoms with Crippen molar-refractivity contribution in [2.75, 3.05) is 0 Å². The molecule has 0 saturated heterocycles. The van der Waals surface area contributed by atoms with Gasteiger partial charge in [0.05, 0.1) is 33.5 Å². The maximum absolute atomic E-state index is 5.45. The molecule has 0 atom stereocenters. The smallest absolute Gasteiger partial charge is 0.0979 e. The molecule has 0 unspecified atom stereocenters. The van der Waals surface area contributed by atoms with Gasteiger partial charge >= 0.3 is 0 Å². The van der Waals surface area contributed by atoms with Crippen molar-refractivity contribution in [3.05, 3.63) is 176 Å². The SMILES string of the molecule is c1ccc(-c2nc3ccc4ccc5cc(-n6c7c8ccccc8ccc7c7ccc8ccccc8c76)ccc5c4c3nc2-c2ccccc2)cc1. The topological polar surface area (TPSA) is 30.7 Å². The van der Waals surface area contributed by atoms with Gasteiger partial charge in [-0.25, -0.2) is 9.97 Å². The average Bonchev–Trinajstić information content (AvgIpc) is 3.56. The highest BCUT2D eigenvalue weighted by Gasteiger charge is 2.19. The summed E-state index contributed by atoms with van der Waals surface area (Å²) in [6.45, 7) is 0. The monoisotopic (exact) mass is 647 g/mol. The third-order valence-corrected chi connectivity index (χ3v) is 10.5. The van der Waals surface area contributed by atoms with Gasteiger partial charge in [0, 0.05) is 43.7 Å². The van der Waals surface area contributed by atoms with Crippen LogP contribution in [0.1, 0.15) is 0 Å². The Balaban J connectivity index is 1.22. The third-order valence-electron chi connectivity index (χ3n) is 10.5. The van der Waals surface area contributed by atoms with Crippen LogP contribution in [0.2, 0.25) is 0 Å². The molecule has 0 fully saturated rings. The summed E-state index contributed by atoms with van der Waals surface area (Å²) in [6.07, 6.45) is 0. The normalized spacial score (nSPS) is 11.9. The van der Waals surface area contributed by atoms with Crippen LogP contribution in [0, 0.1) is 0 Å². The van der Waals surface area contributed by atoms with Crippen LogP contribution in [0.3, 0.4) is 0 Å². The second kappa shape index (κ2) is 10.8. The molecule has 0 radical (unpaired) electrons. The fraction of sp³-hybridized carbons (Fsp3) is 0. The molecule has 0 saturated carbocycles. The van der Waals surface area contributed by atoms with Crippen molar-refractivity contribution < 1.29 is 0 Å². The first-order valence-corrected chi connectivity index (χ1v) is 17.4. The number of fused-ring (bicyclic) bond motifs is 12. The van der Waals surface area contributed by atoms with E-state index < -0.39 is 0 Å². The highest BCUT2D eigenvalue weighted by atomic mass is 15.0.